The van der Waals surface area contributed by atoms with Crippen LogP contribution in [0.15, 0.2) is 24.7 Å². The van der Waals surface area contributed by atoms with Crippen LogP contribution < -0.4 is 4.74 Å². The van der Waals surface area contributed by atoms with E-state index in [0.29, 0.717) is 11.9 Å². The molecule has 0 spiro atoms. The molecule has 0 bridgehead atoms. The Morgan fingerprint density at radius 2 is 2.19 bits per heavy atom. The van der Waals surface area contributed by atoms with Crippen LogP contribution in [0.1, 0.15) is 19.9 Å². The minimum atomic E-state index is 0.301. The van der Waals surface area contributed by atoms with Gasteiger partial charge >= 0.3 is 0 Å². The van der Waals surface area contributed by atoms with Crippen molar-refractivity contribution < 1.29 is 4.74 Å². The van der Waals surface area contributed by atoms with Crippen LogP contribution >= 0.6 is 0 Å². The topological polar surface area (TPSA) is 52.8 Å². The third-order valence-corrected chi connectivity index (χ3v) is 2.33. The van der Waals surface area contributed by atoms with E-state index < -0.39 is 0 Å². The van der Waals surface area contributed by atoms with E-state index in [4.69, 9.17) is 4.74 Å². The molecule has 2 heterocycles. The summed E-state index contributed by atoms with van der Waals surface area (Å²) in [7, 11) is 1.60. The van der Waals surface area contributed by atoms with Crippen molar-refractivity contribution in [3.8, 4) is 17.3 Å². The predicted molar refractivity (Wildman–Crippen MR) is 60.2 cm³/mol. The number of ether oxygens (including phenoxy) is 1. The van der Waals surface area contributed by atoms with Gasteiger partial charge in [0, 0.05) is 12.2 Å². The fourth-order valence-electron chi connectivity index (χ4n) is 1.54. The molecule has 0 unspecified atom stereocenters. The van der Waals surface area contributed by atoms with Crippen LogP contribution in [-0.2, 0) is 0 Å². The van der Waals surface area contributed by atoms with Crippen molar-refractivity contribution in [1.82, 2.24) is 19.7 Å². The zero-order valence-electron chi connectivity index (χ0n) is 9.58. The summed E-state index contributed by atoms with van der Waals surface area (Å²) in [5, 5.41) is 8.03. The number of hydrogen-bond donors (Lipinski definition) is 0. The van der Waals surface area contributed by atoms with Gasteiger partial charge in [0.05, 0.1) is 12.7 Å². The van der Waals surface area contributed by atoms with E-state index in [1.165, 1.54) is 0 Å². The van der Waals surface area contributed by atoms with Gasteiger partial charge in [-0.3, -0.25) is 0 Å². The smallest absolute Gasteiger partial charge is 0.224 e. The predicted octanol–water partition coefficient (Wildman–Crippen LogP) is 1.93. The van der Waals surface area contributed by atoms with Gasteiger partial charge in [-0.1, -0.05) is 0 Å². The van der Waals surface area contributed by atoms with E-state index in [0.717, 1.165) is 11.4 Å². The molecule has 0 amide bonds. The fourth-order valence-corrected chi connectivity index (χ4v) is 1.54. The van der Waals surface area contributed by atoms with Crippen LogP contribution in [0.5, 0.6) is 5.88 Å². The molecule has 0 radical (unpaired) electrons. The number of rotatable bonds is 3. The first-order valence-electron chi connectivity index (χ1n) is 5.13. The first kappa shape index (κ1) is 10.6. The van der Waals surface area contributed by atoms with Crippen molar-refractivity contribution in [2.45, 2.75) is 19.9 Å². The maximum atomic E-state index is 5.21. The van der Waals surface area contributed by atoms with Crippen molar-refractivity contribution in [1.29, 1.82) is 0 Å². The Labute approximate surface area is 94.1 Å². The van der Waals surface area contributed by atoms with Gasteiger partial charge in [0.15, 0.2) is 5.82 Å². The van der Waals surface area contributed by atoms with Crippen molar-refractivity contribution in [2.24, 2.45) is 0 Å². The highest BCUT2D eigenvalue weighted by Gasteiger charge is 2.14. The quantitative estimate of drug-likeness (QED) is 0.789. The van der Waals surface area contributed by atoms with Crippen LogP contribution in [0, 0.1) is 0 Å². The summed E-state index contributed by atoms with van der Waals surface area (Å²) >= 11 is 0. The van der Waals surface area contributed by atoms with E-state index >= 15 is 0 Å². The molecule has 0 fully saturated rings. The molecule has 0 aliphatic carbocycles. The first-order valence-corrected chi connectivity index (χ1v) is 5.13. The standard InChI is InChI=1S/C11H14N4O/c1-8(2)15-7-13-14-10(15)9-5-4-6-12-11(9)16-3/h4-8H,1-3H3. The SMILES string of the molecule is COc1ncccc1-c1nncn1C(C)C. The largest absolute Gasteiger partial charge is 0.480 e. The van der Waals surface area contributed by atoms with Crippen LogP contribution in [0.3, 0.4) is 0 Å². The Hall–Kier alpha value is -1.91. The Bertz CT molecular complexity index is 478. The molecule has 0 saturated heterocycles. The minimum Gasteiger partial charge on any atom is -0.480 e. The third-order valence-electron chi connectivity index (χ3n) is 2.33. The van der Waals surface area contributed by atoms with Gasteiger partial charge in [-0.15, -0.1) is 10.2 Å². The highest BCUT2D eigenvalue weighted by molar-refractivity contribution is 5.61. The number of hydrogen-bond acceptors (Lipinski definition) is 4. The van der Waals surface area contributed by atoms with Gasteiger partial charge in [0.1, 0.15) is 6.33 Å². The van der Waals surface area contributed by atoms with Gasteiger partial charge in [-0.05, 0) is 26.0 Å². The Kier molecular flexibility index (Phi) is 2.85. The van der Waals surface area contributed by atoms with Crippen molar-refractivity contribution in [3.05, 3.63) is 24.7 Å². The van der Waals surface area contributed by atoms with Gasteiger partial charge in [-0.25, -0.2) is 4.98 Å². The molecule has 2 rings (SSSR count). The lowest BCUT2D eigenvalue weighted by atomic mass is 10.2. The number of nitrogens with zero attached hydrogens (tertiary/aromatic N) is 4. The summed E-state index contributed by atoms with van der Waals surface area (Å²) in [5.41, 5.74) is 0.858. The first-order chi connectivity index (χ1) is 7.74. The second kappa shape index (κ2) is 4.30. The normalized spacial score (nSPS) is 10.8. The summed E-state index contributed by atoms with van der Waals surface area (Å²) in [6.07, 6.45) is 3.41. The number of aromatic nitrogens is 4. The lowest BCUT2D eigenvalue weighted by Gasteiger charge is -2.11. The van der Waals surface area contributed by atoms with Crippen molar-refractivity contribution >= 4 is 0 Å². The lowest BCUT2D eigenvalue weighted by Crippen LogP contribution is -2.03. The van der Waals surface area contributed by atoms with Gasteiger partial charge in [0.2, 0.25) is 5.88 Å². The average molecular weight is 218 g/mol. The minimum absolute atomic E-state index is 0.301. The number of pyridine rings is 1. The molecular formula is C11H14N4O. The molecule has 2 aromatic rings. The highest BCUT2D eigenvalue weighted by Crippen LogP contribution is 2.27. The zero-order chi connectivity index (χ0) is 11.5. The van der Waals surface area contributed by atoms with Gasteiger partial charge < -0.3 is 9.30 Å². The monoisotopic (exact) mass is 218 g/mol. The molecule has 0 atom stereocenters. The van der Waals surface area contributed by atoms with E-state index in [2.05, 4.69) is 29.0 Å². The van der Waals surface area contributed by atoms with E-state index in [1.54, 1.807) is 19.6 Å². The Balaban J connectivity index is 2.54. The second-order valence-corrected chi connectivity index (χ2v) is 3.72. The molecule has 0 aliphatic heterocycles. The number of methoxy groups -OCH3 is 1. The van der Waals surface area contributed by atoms with Crippen molar-refractivity contribution in [2.75, 3.05) is 7.11 Å². The molecule has 0 aromatic carbocycles. The molecule has 0 saturated carbocycles. The molecule has 0 aliphatic rings. The summed E-state index contributed by atoms with van der Waals surface area (Å²) in [5.74, 6) is 1.34. The lowest BCUT2D eigenvalue weighted by molar-refractivity contribution is 0.399. The van der Waals surface area contributed by atoms with E-state index in [9.17, 15) is 0 Å². The molecule has 84 valence electrons. The second-order valence-electron chi connectivity index (χ2n) is 3.72. The van der Waals surface area contributed by atoms with E-state index in [1.807, 2.05) is 16.7 Å². The summed E-state index contributed by atoms with van der Waals surface area (Å²) < 4.78 is 7.20. The molecule has 5 heteroatoms. The maximum absolute atomic E-state index is 5.21. The molecule has 0 N–H and O–H groups in total. The maximum Gasteiger partial charge on any atom is 0.224 e. The van der Waals surface area contributed by atoms with Crippen LogP contribution in [-0.4, -0.2) is 26.9 Å². The van der Waals surface area contributed by atoms with Crippen LogP contribution in [0.2, 0.25) is 0 Å². The van der Waals surface area contributed by atoms with Crippen LogP contribution in [0.25, 0.3) is 11.4 Å². The Morgan fingerprint density at radius 3 is 2.88 bits per heavy atom. The van der Waals surface area contributed by atoms with Gasteiger partial charge in [0.25, 0.3) is 0 Å². The van der Waals surface area contributed by atoms with Gasteiger partial charge in [-0.2, -0.15) is 0 Å². The summed E-state index contributed by atoms with van der Waals surface area (Å²) in [6.45, 7) is 4.16. The molecular weight excluding hydrogens is 204 g/mol. The van der Waals surface area contributed by atoms with E-state index in [-0.39, 0.29) is 0 Å². The molecule has 16 heavy (non-hydrogen) atoms. The average Bonchev–Trinajstić information content (AvgIpc) is 2.77. The zero-order valence-corrected chi connectivity index (χ0v) is 9.58. The summed E-state index contributed by atoms with van der Waals surface area (Å²) in [4.78, 5) is 4.15. The Morgan fingerprint density at radius 1 is 1.38 bits per heavy atom. The van der Waals surface area contributed by atoms with Crippen molar-refractivity contribution in [3.63, 3.8) is 0 Å². The molecule has 5 nitrogen and oxygen atoms in total. The fraction of sp³-hybridized carbons (Fsp3) is 0.364. The highest BCUT2D eigenvalue weighted by atomic mass is 16.5. The third kappa shape index (κ3) is 1.76. The molecule has 2 aromatic heterocycles. The summed E-state index contributed by atoms with van der Waals surface area (Å²) in [6, 6.07) is 4.08. The van der Waals surface area contributed by atoms with Crippen LogP contribution in [0.4, 0.5) is 0 Å².